The molecule has 1 aromatic rings. The molecule has 0 N–H and O–H groups in total. The topological polar surface area (TPSA) is 102 Å². The molecular weight excluding hydrogens is 334 g/mol. The number of hydrogen-bond donors (Lipinski definition) is 0. The lowest BCUT2D eigenvalue weighted by molar-refractivity contribution is -0.121. The fourth-order valence-corrected chi connectivity index (χ4v) is 4.20. The summed E-state index contributed by atoms with van der Waals surface area (Å²) in [6.07, 6.45) is 3.10. The molecule has 0 saturated carbocycles. The molecule has 0 unspecified atom stereocenters. The predicted octanol–water partition coefficient (Wildman–Crippen LogP) is 2.15. The maximum atomic E-state index is 12.4. The standard InChI is InChI=1S/C19H21N3O4/c1-5-26-18(24)16-21-15-12(17(22-16)25-4)6-7-13-10(2)14(23)11(9-20)8-19(13,15)3/h8,10,13H,5-7H2,1-4H3/t10-,13-,19-/m0/s1. The average molecular weight is 355 g/mol. The first kappa shape index (κ1) is 18.1. The lowest BCUT2D eigenvalue weighted by atomic mass is 9.58. The molecule has 7 nitrogen and oxygen atoms in total. The molecule has 3 atom stereocenters. The van der Waals surface area contributed by atoms with Crippen molar-refractivity contribution >= 4 is 11.8 Å². The molecule has 2 aliphatic rings. The largest absolute Gasteiger partial charge is 0.481 e. The second kappa shape index (κ2) is 6.52. The molecule has 0 aromatic carbocycles. The zero-order chi connectivity index (χ0) is 19.1. The van der Waals surface area contributed by atoms with E-state index in [-0.39, 0.29) is 35.6 Å². The SMILES string of the molecule is CCOC(=O)c1nc(OC)c2c(n1)[C@@]1(C)C=C(C#N)C(=O)[C@@H](C)[C@@H]1CC2. The summed E-state index contributed by atoms with van der Waals surface area (Å²) in [4.78, 5) is 33.3. The van der Waals surface area contributed by atoms with E-state index in [0.29, 0.717) is 18.0 Å². The van der Waals surface area contributed by atoms with Gasteiger partial charge in [-0.25, -0.2) is 9.78 Å². The number of carbonyl (C=O) groups is 2. The number of carbonyl (C=O) groups excluding carboxylic acids is 2. The summed E-state index contributed by atoms with van der Waals surface area (Å²) < 4.78 is 10.4. The Morgan fingerprint density at radius 1 is 1.46 bits per heavy atom. The number of methoxy groups -OCH3 is 1. The zero-order valence-corrected chi connectivity index (χ0v) is 15.3. The number of fused-ring (bicyclic) bond motifs is 3. The molecule has 1 heterocycles. The van der Waals surface area contributed by atoms with E-state index in [1.165, 1.54) is 7.11 Å². The van der Waals surface area contributed by atoms with Gasteiger partial charge in [-0.05, 0) is 25.7 Å². The van der Waals surface area contributed by atoms with Crippen LogP contribution >= 0.6 is 0 Å². The number of nitriles is 1. The molecule has 0 amide bonds. The van der Waals surface area contributed by atoms with Crippen LogP contribution in [0.5, 0.6) is 5.88 Å². The average Bonchev–Trinajstić information content (AvgIpc) is 2.64. The Bertz CT molecular complexity index is 855. The Hall–Kier alpha value is -2.75. The van der Waals surface area contributed by atoms with Gasteiger partial charge >= 0.3 is 5.97 Å². The lowest BCUT2D eigenvalue weighted by Crippen LogP contribution is -2.46. The molecule has 1 aromatic heterocycles. The van der Waals surface area contributed by atoms with Crippen molar-refractivity contribution in [3.05, 3.63) is 28.7 Å². The van der Waals surface area contributed by atoms with Gasteiger partial charge in [0.25, 0.3) is 0 Å². The number of ketones is 1. The molecule has 2 aliphatic carbocycles. The highest BCUT2D eigenvalue weighted by atomic mass is 16.5. The van der Waals surface area contributed by atoms with Gasteiger partial charge in [0.2, 0.25) is 11.7 Å². The smallest absolute Gasteiger partial charge is 0.376 e. The van der Waals surface area contributed by atoms with E-state index in [2.05, 4.69) is 9.97 Å². The van der Waals surface area contributed by atoms with Crippen LogP contribution in [0.1, 0.15) is 49.1 Å². The van der Waals surface area contributed by atoms with Gasteiger partial charge in [-0.1, -0.05) is 19.9 Å². The van der Waals surface area contributed by atoms with E-state index in [4.69, 9.17) is 9.47 Å². The van der Waals surface area contributed by atoms with Crippen LogP contribution in [0, 0.1) is 23.2 Å². The van der Waals surface area contributed by atoms with Gasteiger partial charge in [0.05, 0.1) is 25.0 Å². The summed E-state index contributed by atoms with van der Waals surface area (Å²) in [5.41, 5.74) is 0.938. The number of aromatic nitrogens is 2. The molecular formula is C19H21N3O4. The van der Waals surface area contributed by atoms with Crippen LogP contribution in [0.3, 0.4) is 0 Å². The molecule has 136 valence electrons. The Balaban J connectivity index is 2.24. The van der Waals surface area contributed by atoms with Crippen LogP contribution in [0.25, 0.3) is 0 Å². The molecule has 0 fully saturated rings. The molecule has 3 rings (SSSR count). The summed E-state index contributed by atoms with van der Waals surface area (Å²) in [5, 5.41) is 9.37. The van der Waals surface area contributed by atoms with E-state index in [1.807, 2.05) is 19.9 Å². The highest BCUT2D eigenvalue weighted by Crippen LogP contribution is 2.50. The molecule has 0 saturated heterocycles. The van der Waals surface area contributed by atoms with E-state index in [1.54, 1.807) is 13.0 Å². The van der Waals surface area contributed by atoms with Crippen molar-refractivity contribution < 1.29 is 19.1 Å². The monoisotopic (exact) mass is 355 g/mol. The first-order valence-corrected chi connectivity index (χ1v) is 8.67. The van der Waals surface area contributed by atoms with Gasteiger partial charge in [0, 0.05) is 16.9 Å². The Morgan fingerprint density at radius 3 is 2.81 bits per heavy atom. The molecule has 26 heavy (non-hydrogen) atoms. The molecule has 0 bridgehead atoms. The zero-order valence-electron chi connectivity index (χ0n) is 15.3. The van der Waals surface area contributed by atoms with Crippen molar-refractivity contribution in [3.8, 4) is 11.9 Å². The van der Waals surface area contributed by atoms with Crippen molar-refractivity contribution in [2.24, 2.45) is 11.8 Å². The van der Waals surface area contributed by atoms with Gasteiger partial charge in [-0.15, -0.1) is 0 Å². The Morgan fingerprint density at radius 2 is 2.19 bits per heavy atom. The molecule has 0 spiro atoms. The van der Waals surface area contributed by atoms with Gasteiger partial charge in [0.1, 0.15) is 6.07 Å². The van der Waals surface area contributed by atoms with Crippen LogP contribution in [-0.2, 0) is 21.4 Å². The van der Waals surface area contributed by atoms with Crippen molar-refractivity contribution in [2.45, 2.75) is 39.0 Å². The normalized spacial score (nSPS) is 26.9. The van der Waals surface area contributed by atoms with Gasteiger partial charge < -0.3 is 9.47 Å². The maximum absolute atomic E-state index is 12.4. The van der Waals surface area contributed by atoms with Gasteiger partial charge in [-0.3, -0.25) is 4.79 Å². The van der Waals surface area contributed by atoms with Crippen LogP contribution < -0.4 is 4.74 Å². The van der Waals surface area contributed by atoms with E-state index < -0.39 is 11.4 Å². The number of Topliss-reactive ketones (excluding diaryl/α,β-unsaturated/α-hetero) is 1. The highest BCUT2D eigenvalue weighted by Gasteiger charge is 2.50. The minimum absolute atomic E-state index is 0.00532. The fourth-order valence-electron chi connectivity index (χ4n) is 4.20. The van der Waals surface area contributed by atoms with Crippen LogP contribution in [-0.4, -0.2) is 35.4 Å². The molecule has 7 heteroatoms. The third-order valence-corrected chi connectivity index (χ3v) is 5.45. The number of allylic oxidation sites excluding steroid dienone is 2. The fraction of sp³-hybridized carbons (Fsp3) is 0.526. The van der Waals surface area contributed by atoms with Crippen molar-refractivity contribution in [3.63, 3.8) is 0 Å². The summed E-state index contributed by atoms with van der Waals surface area (Å²) in [6, 6.07) is 2.00. The van der Waals surface area contributed by atoms with Crippen molar-refractivity contribution in [2.75, 3.05) is 13.7 Å². The van der Waals surface area contributed by atoms with Crippen molar-refractivity contribution in [1.82, 2.24) is 9.97 Å². The minimum Gasteiger partial charge on any atom is -0.481 e. The number of esters is 1. The maximum Gasteiger partial charge on any atom is 0.376 e. The highest BCUT2D eigenvalue weighted by molar-refractivity contribution is 6.02. The third kappa shape index (κ3) is 2.57. The van der Waals surface area contributed by atoms with E-state index >= 15 is 0 Å². The minimum atomic E-state index is -0.649. The summed E-state index contributed by atoms with van der Waals surface area (Å²) >= 11 is 0. The number of rotatable bonds is 3. The van der Waals surface area contributed by atoms with Gasteiger partial charge in [-0.2, -0.15) is 10.2 Å². The second-order valence-corrected chi connectivity index (χ2v) is 6.85. The predicted molar refractivity (Wildman–Crippen MR) is 91.6 cm³/mol. The first-order chi connectivity index (χ1) is 12.4. The third-order valence-electron chi connectivity index (χ3n) is 5.45. The molecule has 0 aliphatic heterocycles. The van der Waals surface area contributed by atoms with Gasteiger partial charge in [0.15, 0.2) is 5.78 Å². The van der Waals surface area contributed by atoms with E-state index in [9.17, 15) is 14.9 Å². The van der Waals surface area contributed by atoms with Crippen LogP contribution in [0.2, 0.25) is 0 Å². The quantitative estimate of drug-likeness (QED) is 0.765. The summed E-state index contributed by atoms with van der Waals surface area (Å²) in [7, 11) is 1.50. The lowest BCUT2D eigenvalue weighted by Gasteiger charge is -2.45. The summed E-state index contributed by atoms with van der Waals surface area (Å²) in [5.74, 6) is -0.780. The number of hydrogen-bond acceptors (Lipinski definition) is 7. The summed E-state index contributed by atoms with van der Waals surface area (Å²) in [6.45, 7) is 5.73. The van der Waals surface area contributed by atoms with Crippen LogP contribution in [0.4, 0.5) is 0 Å². The van der Waals surface area contributed by atoms with Crippen LogP contribution in [0.15, 0.2) is 11.6 Å². The van der Waals surface area contributed by atoms with Crippen molar-refractivity contribution in [1.29, 1.82) is 5.26 Å². The Labute approximate surface area is 152 Å². The number of nitrogens with zero attached hydrogens (tertiary/aromatic N) is 3. The van der Waals surface area contributed by atoms with E-state index in [0.717, 1.165) is 12.0 Å². The first-order valence-electron chi connectivity index (χ1n) is 8.67. The number of ether oxygens (including phenoxy) is 2. The molecule has 0 radical (unpaired) electrons. The second-order valence-electron chi connectivity index (χ2n) is 6.85. The Kier molecular flexibility index (Phi) is 4.53.